The Balaban J connectivity index is 1.88. The van der Waals surface area contributed by atoms with Gasteiger partial charge in [-0.15, -0.1) is 0 Å². The number of hydrogen-bond donors (Lipinski definition) is 3. The van der Waals surface area contributed by atoms with Gasteiger partial charge in [-0.3, -0.25) is 20.4 Å². The molecule has 0 heterocycles. The van der Waals surface area contributed by atoms with Crippen LogP contribution in [0.25, 0.3) is 0 Å². The number of phenolic OH excluding ortho intramolecular Hbond substituents is 1. The Morgan fingerprint density at radius 2 is 1.72 bits per heavy atom. The molecule has 3 N–H and O–H groups in total. The minimum atomic E-state index is -0.461. The third kappa shape index (κ3) is 7.73. The highest BCUT2D eigenvalue weighted by molar-refractivity contribution is 5.97. The number of amides is 2. The Hall–Kier alpha value is -3.34. The second-order valence-corrected chi connectivity index (χ2v) is 8.91. The first-order valence-corrected chi connectivity index (χ1v) is 10.9. The lowest BCUT2D eigenvalue weighted by atomic mass is 9.72. The number of phenols is 1. The molecule has 2 rings (SSSR count). The Labute approximate surface area is 191 Å². The number of allylic oxidation sites excluding steroid dienone is 9. The van der Waals surface area contributed by atoms with Gasteiger partial charge < -0.3 is 5.11 Å². The molecule has 2 amide bonds. The van der Waals surface area contributed by atoms with Gasteiger partial charge in [0.2, 0.25) is 0 Å². The van der Waals surface area contributed by atoms with Crippen molar-refractivity contribution in [3.05, 3.63) is 88.6 Å². The first-order chi connectivity index (χ1) is 15.1. The number of carbonyl (C=O) groups excluding carboxylic acids is 2. The summed E-state index contributed by atoms with van der Waals surface area (Å²) in [6.45, 7) is 10.7. The number of hydrogen-bond acceptors (Lipinski definition) is 3. The summed E-state index contributed by atoms with van der Waals surface area (Å²) < 4.78 is 0. The van der Waals surface area contributed by atoms with Crippen molar-refractivity contribution in [1.29, 1.82) is 0 Å². The zero-order valence-electron chi connectivity index (χ0n) is 19.7. The molecule has 0 spiro atoms. The van der Waals surface area contributed by atoms with Gasteiger partial charge in [0.1, 0.15) is 5.75 Å². The minimum Gasteiger partial charge on any atom is -0.508 e. The number of carbonyl (C=O) groups is 2. The van der Waals surface area contributed by atoms with E-state index in [2.05, 4.69) is 50.7 Å². The van der Waals surface area contributed by atoms with Crippen LogP contribution in [0.1, 0.15) is 64.2 Å². The van der Waals surface area contributed by atoms with E-state index in [0.29, 0.717) is 5.56 Å². The molecule has 5 heteroatoms. The van der Waals surface area contributed by atoms with Gasteiger partial charge in [-0.2, -0.15) is 0 Å². The molecule has 1 aromatic carbocycles. The quantitative estimate of drug-likeness (QED) is 0.306. The molecule has 32 heavy (non-hydrogen) atoms. The summed E-state index contributed by atoms with van der Waals surface area (Å²) >= 11 is 0. The fraction of sp³-hybridized carbons (Fsp3) is 0.333. The van der Waals surface area contributed by atoms with Gasteiger partial charge in [-0.25, -0.2) is 0 Å². The highest BCUT2D eigenvalue weighted by Gasteiger charge is 2.26. The van der Waals surface area contributed by atoms with Crippen LogP contribution in [0.4, 0.5) is 0 Å². The fourth-order valence-corrected chi connectivity index (χ4v) is 3.73. The lowest BCUT2D eigenvalue weighted by Gasteiger charge is -2.32. The second kappa shape index (κ2) is 11.3. The molecule has 0 unspecified atom stereocenters. The Kier molecular flexibility index (Phi) is 8.82. The van der Waals surface area contributed by atoms with Gasteiger partial charge in [0, 0.05) is 11.6 Å². The molecule has 1 aromatic rings. The molecule has 0 aliphatic heterocycles. The molecule has 1 aliphatic rings. The van der Waals surface area contributed by atoms with Crippen LogP contribution in [0.2, 0.25) is 0 Å². The van der Waals surface area contributed by atoms with Gasteiger partial charge >= 0.3 is 0 Å². The average Bonchev–Trinajstić information content (AvgIpc) is 2.71. The number of nitrogens with one attached hydrogen (secondary N) is 2. The van der Waals surface area contributed by atoms with Crippen LogP contribution in [0, 0.1) is 5.41 Å². The van der Waals surface area contributed by atoms with Crippen molar-refractivity contribution >= 4 is 11.8 Å². The predicted molar refractivity (Wildman–Crippen MR) is 130 cm³/mol. The van der Waals surface area contributed by atoms with E-state index in [4.69, 9.17) is 0 Å². The third-order valence-electron chi connectivity index (χ3n) is 5.56. The van der Waals surface area contributed by atoms with Gasteiger partial charge in [0.25, 0.3) is 11.8 Å². The SMILES string of the molecule is CC(C=CC1=C(C)CCCC1(C)C)=CC=CC(C)=CC(=O)NNC(=O)c1ccc(O)cc1. The van der Waals surface area contributed by atoms with Crippen molar-refractivity contribution in [3.8, 4) is 5.75 Å². The number of hydrazine groups is 1. The smallest absolute Gasteiger partial charge is 0.269 e. The lowest BCUT2D eigenvalue weighted by Crippen LogP contribution is -2.40. The number of rotatable bonds is 6. The summed E-state index contributed by atoms with van der Waals surface area (Å²) in [5.74, 6) is -0.820. The zero-order valence-corrected chi connectivity index (χ0v) is 19.7. The molecule has 0 fully saturated rings. The molecule has 1 aliphatic carbocycles. The summed E-state index contributed by atoms with van der Waals surface area (Å²) in [7, 11) is 0. The summed E-state index contributed by atoms with van der Waals surface area (Å²) in [6.07, 6.45) is 15.2. The molecule has 0 saturated heterocycles. The van der Waals surface area contributed by atoms with Crippen molar-refractivity contribution in [1.82, 2.24) is 10.9 Å². The summed E-state index contributed by atoms with van der Waals surface area (Å²) in [6, 6.07) is 5.75. The Bertz CT molecular complexity index is 990. The largest absolute Gasteiger partial charge is 0.508 e. The Morgan fingerprint density at radius 1 is 1.03 bits per heavy atom. The van der Waals surface area contributed by atoms with E-state index in [9.17, 15) is 14.7 Å². The predicted octanol–water partition coefficient (Wildman–Crippen LogP) is 5.68. The van der Waals surface area contributed by atoms with E-state index in [0.717, 1.165) is 11.1 Å². The number of benzene rings is 1. The van der Waals surface area contributed by atoms with E-state index in [-0.39, 0.29) is 11.2 Å². The van der Waals surface area contributed by atoms with Crippen LogP contribution in [0.15, 0.2) is 83.0 Å². The van der Waals surface area contributed by atoms with Gasteiger partial charge in [0.05, 0.1) is 0 Å². The summed E-state index contributed by atoms with van der Waals surface area (Å²) in [5, 5.41) is 9.26. The first kappa shape index (κ1) is 24.9. The van der Waals surface area contributed by atoms with E-state index in [1.807, 2.05) is 25.2 Å². The maximum atomic E-state index is 12.0. The van der Waals surface area contributed by atoms with Crippen molar-refractivity contribution in [2.45, 2.75) is 53.9 Å². The minimum absolute atomic E-state index is 0.0701. The molecule has 0 radical (unpaired) electrons. The van der Waals surface area contributed by atoms with Crippen molar-refractivity contribution in [2.24, 2.45) is 5.41 Å². The summed E-state index contributed by atoms with van der Waals surface area (Å²) in [4.78, 5) is 24.0. The highest BCUT2D eigenvalue weighted by Crippen LogP contribution is 2.40. The van der Waals surface area contributed by atoms with E-state index in [1.165, 1.54) is 60.8 Å². The second-order valence-electron chi connectivity index (χ2n) is 8.91. The summed E-state index contributed by atoms with van der Waals surface area (Å²) in [5.41, 5.74) is 10.0. The van der Waals surface area contributed by atoms with Crippen LogP contribution >= 0.6 is 0 Å². The van der Waals surface area contributed by atoms with Crippen LogP contribution in [-0.2, 0) is 4.79 Å². The number of aromatic hydroxyl groups is 1. The first-order valence-electron chi connectivity index (χ1n) is 10.9. The van der Waals surface area contributed by atoms with E-state index in [1.54, 1.807) is 0 Å². The Morgan fingerprint density at radius 3 is 2.38 bits per heavy atom. The van der Waals surface area contributed by atoms with Gasteiger partial charge in [0.15, 0.2) is 0 Å². The topological polar surface area (TPSA) is 78.4 Å². The highest BCUT2D eigenvalue weighted by atomic mass is 16.3. The van der Waals surface area contributed by atoms with Crippen LogP contribution in [0.3, 0.4) is 0 Å². The molecule has 0 saturated carbocycles. The van der Waals surface area contributed by atoms with Gasteiger partial charge in [-0.05, 0) is 80.9 Å². The normalized spacial score (nSPS) is 17.2. The van der Waals surface area contributed by atoms with Gasteiger partial charge in [-0.1, -0.05) is 55.4 Å². The fourth-order valence-electron chi connectivity index (χ4n) is 3.73. The molecule has 0 bridgehead atoms. The van der Waals surface area contributed by atoms with E-state index < -0.39 is 11.8 Å². The van der Waals surface area contributed by atoms with Crippen molar-refractivity contribution in [2.75, 3.05) is 0 Å². The molecule has 5 nitrogen and oxygen atoms in total. The maximum absolute atomic E-state index is 12.0. The molecule has 0 atom stereocenters. The monoisotopic (exact) mass is 434 g/mol. The van der Waals surface area contributed by atoms with Crippen LogP contribution in [-0.4, -0.2) is 16.9 Å². The molecular formula is C27H34N2O3. The van der Waals surface area contributed by atoms with Crippen LogP contribution in [0.5, 0.6) is 5.75 Å². The third-order valence-corrected chi connectivity index (χ3v) is 5.56. The molecule has 0 aromatic heterocycles. The average molecular weight is 435 g/mol. The molecule has 170 valence electrons. The van der Waals surface area contributed by atoms with Crippen molar-refractivity contribution in [3.63, 3.8) is 0 Å². The standard InChI is InChI=1S/C27H34N2O3/c1-19(11-16-24-21(3)10-7-17-27(24,4)5)8-6-9-20(2)18-25(31)28-29-26(32)22-12-14-23(30)15-13-22/h6,8-9,11-16,18,30H,7,10,17H2,1-5H3,(H,28,31)(H,29,32). The molecular weight excluding hydrogens is 400 g/mol. The van der Waals surface area contributed by atoms with Crippen LogP contribution < -0.4 is 10.9 Å². The lowest BCUT2D eigenvalue weighted by molar-refractivity contribution is -0.117. The maximum Gasteiger partial charge on any atom is 0.269 e. The zero-order chi connectivity index (χ0) is 23.7. The van der Waals surface area contributed by atoms with Crippen molar-refractivity contribution < 1.29 is 14.7 Å². The van der Waals surface area contributed by atoms with E-state index >= 15 is 0 Å².